The van der Waals surface area contributed by atoms with Gasteiger partial charge in [-0.2, -0.15) is 0 Å². The largest absolute Gasteiger partial charge is 0.355 e. The fourth-order valence-electron chi connectivity index (χ4n) is 3.40. The number of likely N-dealkylation sites (tertiary alicyclic amines) is 1. The summed E-state index contributed by atoms with van der Waals surface area (Å²) in [5.74, 6) is 0.876. The molecule has 1 aliphatic carbocycles. The highest BCUT2D eigenvalue weighted by atomic mass is 16.1. The van der Waals surface area contributed by atoms with Gasteiger partial charge in [0.1, 0.15) is 0 Å². The molecule has 4 nitrogen and oxygen atoms in total. The first-order valence-corrected chi connectivity index (χ1v) is 7.96. The minimum atomic E-state index is 0.0474. The second-order valence-corrected chi connectivity index (χ2v) is 6.20. The Kier molecular flexibility index (Phi) is 5.64. The van der Waals surface area contributed by atoms with Gasteiger partial charge in [-0.05, 0) is 38.3 Å². The Morgan fingerprint density at radius 3 is 2.79 bits per heavy atom. The highest BCUT2D eigenvalue weighted by Gasteiger charge is 2.28. The molecular formula is C15H29N3O. The number of hydrogen-bond donors (Lipinski definition) is 2. The molecule has 2 fully saturated rings. The minimum Gasteiger partial charge on any atom is -0.355 e. The topological polar surface area (TPSA) is 58.4 Å². The van der Waals surface area contributed by atoms with Crippen LogP contribution in [0.4, 0.5) is 0 Å². The molecule has 0 aromatic heterocycles. The van der Waals surface area contributed by atoms with Gasteiger partial charge in [-0.25, -0.2) is 0 Å². The number of carbonyl (C=O) groups excluding carboxylic acids is 1. The predicted molar refractivity (Wildman–Crippen MR) is 77.8 cm³/mol. The molecule has 1 heterocycles. The van der Waals surface area contributed by atoms with Crippen LogP contribution in [0.15, 0.2) is 0 Å². The summed E-state index contributed by atoms with van der Waals surface area (Å²) in [5.41, 5.74) is 6.14. The minimum absolute atomic E-state index is 0.0474. The standard InChI is InChI=1S/C15H29N3O/c1-2-18-9-8-12(11-18)10-17-15(19)13-6-4-3-5-7-14(13)16/h12-14H,2-11,16H2,1H3,(H,17,19). The maximum absolute atomic E-state index is 12.3. The summed E-state index contributed by atoms with van der Waals surface area (Å²) in [7, 11) is 0. The van der Waals surface area contributed by atoms with E-state index in [1.165, 1.54) is 25.8 Å². The summed E-state index contributed by atoms with van der Waals surface area (Å²) < 4.78 is 0. The zero-order valence-corrected chi connectivity index (χ0v) is 12.2. The number of nitrogens with zero attached hydrogens (tertiary/aromatic N) is 1. The Morgan fingerprint density at radius 1 is 1.26 bits per heavy atom. The Hall–Kier alpha value is -0.610. The van der Waals surface area contributed by atoms with Gasteiger partial charge in [-0.15, -0.1) is 0 Å². The van der Waals surface area contributed by atoms with Crippen molar-refractivity contribution in [2.24, 2.45) is 17.6 Å². The van der Waals surface area contributed by atoms with E-state index in [2.05, 4.69) is 17.1 Å². The molecule has 0 aromatic carbocycles. The lowest BCUT2D eigenvalue weighted by Gasteiger charge is -2.21. The fourth-order valence-corrected chi connectivity index (χ4v) is 3.40. The molecule has 0 bridgehead atoms. The lowest BCUT2D eigenvalue weighted by molar-refractivity contribution is -0.126. The van der Waals surface area contributed by atoms with Crippen molar-refractivity contribution in [3.05, 3.63) is 0 Å². The Balaban J connectivity index is 1.74. The summed E-state index contributed by atoms with van der Waals surface area (Å²) in [6.07, 6.45) is 6.75. The van der Waals surface area contributed by atoms with Crippen molar-refractivity contribution in [3.8, 4) is 0 Å². The second-order valence-electron chi connectivity index (χ2n) is 6.20. The van der Waals surface area contributed by atoms with E-state index in [1.807, 2.05) is 0 Å². The quantitative estimate of drug-likeness (QED) is 0.756. The smallest absolute Gasteiger partial charge is 0.224 e. The normalized spacial score (nSPS) is 33.1. The molecule has 0 aromatic rings. The van der Waals surface area contributed by atoms with Crippen LogP contribution in [-0.2, 0) is 4.79 Å². The van der Waals surface area contributed by atoms with E-state index in [-0.39, 0.29) is 17.9 Å². The van der Waals surface area contributed by atoms with Crippen molar-refractivity contribution in [1.29, 1.82) is 0 Å². The molecule has 1 saturated carbocycles. The lowest BCUT2D eigenvalue weighted by Crippen LogP contribution is -2.43. The molecule has 2 rings (SSSR count). The van der Waals surface area contributed by atoms with Crippen molar-refractivity contribution >= 4 is 5.91 Å². The van der Waals surface area contributed by atoms with E-state index in [0.29, 0.717) is 5.92 Å². The third kappa shape index (κ3) is 4.18. The first-order chi connectivity index (χ1) is 9.20. The van der Waals surface area contributed by atoms with Crippen LogP contribution in [0, 0.1) is 11.8 Å². The molecule has 1 aliphatic heterocycles. The van der Waals surface area contributed by atoms with Gasteiger partial charge in [0.2, 0.25) is 5.91 Å². The third-order valence-electron chi connectivity index (χ3n) is 4.79. The summed E-state index contributed by atoms with van der Waals surface area (Å²) in [6.45, 7) is 6.47. The Bertz CT molecular complexity index is 295. The zero-order valence-electron chi connectivity index (χ0n) is 12.2. The highest BCUT2D eigenvalue weighted by Crippen LogP contribution is 2.22. The number of amides is 1. The first kappa shape index (κ1) is 14.8. The highest BCUT2D eigenvalue weighted by molar-refractivity contribution is 5.79. The Labute approximate surface area is 117 Å². The van der Waals surface area contributed by atoms with E-state index < -0.39 is 0 Å². The van der Waals surface area contributed by atoms with Gasteiger partial charge in [0, 0.05) is 19.1 Å². The van der Waals surface area contributed by atoms with Crippen LogP contribution in [-0.4, -0.2) is 43.0 Å². The van der Waals surface area contributed by atoms with Gasteiger partial charge in [-0.3, -0.25) is 4.79 Å². The van der Waals surface area contributed by atoms with Gasteiger partial charge >= 0.3 is 0 Å². The van der Waals surface area contributed by atoms with Gasteiger partial charge in [0.25, 0.3) is 0 Å². The van der Waals surface area contributed by atoms with E-state index in [0.717, 1.165) is 38.9 Å². The first-order valence-electron chi connectivity index (χ1n) is 7.96. The molecule has 4 heteroatoms. The summed E-state index contributed by atoms with van der Waals surface area (Å²) >= 11 is 0. The van der Waals surface area contributed by atoms with E-state index in [1.54, 1.807) is 0 Å². The average molecular weight is 267 g/mol. The van der Waals surface area contributed by atoms with Crippen molar-refractivity contribution in [2.75, 3.05) is 26.2 Å². The van der Waals surface area contributed by atoms with E-state index in [9.17, 15) is 4.79 Å². The van der Waals surface area contributed by atoms with Crippen LogP contribution in [0.25, 0.3) is 0 Å². The Morgan fingerprint density at radius 2 is 2.05 bits per heavy atom. The average Bonchev–Trinajstić information content (AvgIpc) is 2.77. The maximum Gasteiger partial charge on any atom is 0.224 e. The number of rotatable bonds is 4. The lowest BCUT2D eigenvalue weighted by atomic mass is 9.94. The monoisotopic (exact) mass is 267 g/mol. The van der Waals surface area contributed by atoms with Crippen LogP contribution < -0.4 is 11.1 Å². The summed E-state index contributed by atoms with van der Waals surface area (Å²) in [4.78, 5) is 14.7. The van der Waals surface area contributed by atoms with Gasteiger partial charge in [-0.1, -0.05) is 26.2 Å². The third-order valence-corrected chi connectivity index (χ3v) is 4.79. The fraction of sp³-hybridized carbons (Fsp3) is 0.933. The molecular weight excluding hydrogens is 238 g/mol. The zero-order chi connectivity index (χ0) is 13.7. The molecule has 1 saturated heterocycles. The van der Waals surface area contributed by atoms with Crippen LogP contribution in [0.1, 0.15) is 45.4 Å². The molecule has 0 spiro atoms. The van der Waals surface area contributed by atoms with Crippen molar-refractivity contribution in [3.63, 3.8) is 0 Å². The molecule has 3 N–H and O–H groups in total. The molecule has 0 radical (unpaired) electrons. The number of carbonyl (C=O) groups is 1. The molecule has 19 heavy (non-hydrogen) atoms. The molecule has 2 aliphatic rings. The second kappa shape index (κ2) is 7.25. The summed E-state index contributed by atoms with van der Waals surface area (Å²) in [6, 6.07) is 0.0678. The van der Waals surface area contributed by atoms with Gasteiger partial charge in [0.05, 0.1) is 5.92 Å². The molecule has 3 atom stereocenters. The molecule has 1 amide bonds. The van der Waals surface area contributed by atoms with Crippen LogP contribution in [0.5, 0.6) is 0 Å². The van der Waals surface area contributed by atoms with Crippen molar-refractivity contribution < 1.29 is 4.79 Å². The summed E-state index contributed by atoms with van der Waals surface area (Å²) in [5, 5.41) is 3.15. The number of nitrogens with two attached hydrogens (primary N) is 1. The van der Waals surface area contributed by atoms with Crippen molar-refractivity contribution in [2.45, 2.75) is 51.5 Å². The number of nitrogens with one attached hydrogen (secondary N) is 1. The van der Waals surface area contributed by atoms with Crippen LogP contribution in [0.3, 0.4) is 0 Å². The van der Waals surface area contributed by atoms with Crippen LogP contribution >= 0.6 is 0 Å². The molecule has 110 valence electrons. The van der Waals surface area contributed by atoms with Gasteiger partial charge in [0.15, 0.2) is 0 Å². The van der Waals surface area contributed by atoms with E-state index >= 15 is 0 Å². The van der Waals surface area contributed by atoms with Crippen molar-refractivity contribution in [1.82, 2.24) is 10.2 Å². The van der Waals surface area contributed by atoms with Crippen LogP contribution in [0.2, 0.25) is 0 Å². The van der Waals surface area contributed by atoms with E-state index in [4.69, 9.17) is 5.73 Å². The van der Waals surface area contributed by atoms with Gasteiger partial charge < -0.3 is 16.0 Å². The molecule has 3 unspecified atom stereocenters. The maximum atomic E-state index is 12.3. The predicted octanol–water partition coefficient (Wildman–Crippen LogP) is 1.35. The number of hydrogen-bond acceptors (Lipinski definition) is 3. The SMILES string of the molecule is CCN1CCC(CNC(=O)C2CCCCCC2N)C1.